The first-order valence-electron chi connectivity index (χ1n) is 7.71. The van der Waals surface area contributed by atoms with Gasteiger partial charge in [-0.15, -0.1) is 0 Å². The number of piperidine rings is 1. The monoisotopic (exact) mass is 327 g/mol. The highest BCUT2D eigenvalue weighted by molar-refractivity contribution is 7.89. The van der Waals surface area contributed by atoms with Crippen LogP contribution in [0.5, 0.6) is 0 Å². The van der Waals surface area contributed by atoms with Gasteiger partial charge in [0.05, 0.1) is 5.75 Å². The number of nitrogens with zero attached hydrogens (tertiary/aromatic N) is 1. The van der Waals surface area contributed by atoms with Gasteiger partial charge >= 0.3 is 0 Å². The summed E-state index contributed by atoms with van der Waals surface area (Å²) in [4.78, 5) is 12.3. The van der Waals surface area contributed by atoms with Gasteiger partial charge in [-0.05, 0) is 43.5 Å². The predicted octanol–water partition coefficient (Wildman–Crippen LogP) is 2.85. The molecule has 1 fully saturated rings. The van der Waals surface area contributed by atoms with Crippen molar-refractivity contribution < 1.29 is 17.6 Å². The number of sulfonamides is 1. The summed E-state index contributed by atoms with van der Waals surface area (Å²) in [6.07, 6.45) is 2.57. The summed E-state index contributed by atoms with van der Waals surface area (Å²) in [6, 6.07) is 5.53. The largest absolute Gasteiger partial charge is 0.294 e. The summed E-state index contributed by atoms with van der Waals surface area (Å²) in [5.74, 6) is -0.387. The smallest absolute Gasteiger partial charge is 0.214 e. The molecular formula is C16H22FNO3S. The minimum Gasteiger partial charge on any atom is -0.294 e. The van der Waals surface area contributed by atoms with Crippen molar-refractivity contribution in [3.8, 4) is 0 Å². The summed E-state index contributed by atoms with van der Waals surface area (Å²) in [6.45, 7) is 2.75. The quantitative estimate of drug-likeness (QED) is 0.755. The Labute approximate surface area is 131 Å². The van der Waals surface area contributed by atoms with E-state index in [0.29, 0.717) is 37.9 Å². The Hall–Kier alpha value is -1.27. The van der Waals surface area contributed by atoms with Crippen LogP contribution in [0.3, 0.4) is 0 Å². The summed E-state index contributed by atoms with van der Waals surface area (Å²) in [7, 11) is -3.19. The van der Waals surface area contributed by atoms with Gasteiger partial charge in [0.2, 0.25) is 10.0 Å². The highest BCUT2D eigenvalue weighted by atomic mass is 32.2. The molecule has 4 nitrogen and oxygen atoms in total. The van der Waals surface area contributed by atoms with E-state index in [-0.39, 0.29) is 23.3 Å². The van der Waals surface area contributed by atoms with Gasteiger partial charge in [0.25, 0.3) is 0 Å². The summed E-state index contributed by atoms with van der Waals surface area (Å²) in [5, 5.41) is 0. The molecule has 1 aliphatic heterocycles. The van der Waals surface area contributed by atoms with Crippen molar-refractivity contribution in [2.24, 2.45) is 5.92 Å². The third kappa shape index (κ3) is 4.14. The van der Waals surface area contributed by atoms with E-state index in [0.717, 1.165) is 6.42 Å². The fourth-order valence-corrected chi connectivity index (χ4v) is 4.38. The lowest BCUT2D eigenvalue weighted by atomic mass is 9.90. The predicted molar refractivity (Wildman–Crippen MR) is 83.7 cm³/mol. The molecule has 0 saturated carbocycles. The van der Waals surface area contributed by atoms with Gasteiger partial charge in [0, 0.05) is 24.6 Å². The fraction of sp³-hybridized carbons (Fsp3) is 0.562. The van der Waals surface area contributed by atoms with Crippen molar-refractivity contribution in [1.82, 2.24) is 4.31 Å². The maximum Gasteiger partial charge on any atom is 0.214 e. The Balaban J connectivity index is 1.94. The molecule has 1 aromatic carbocycles. The van der Waals surface area contributed by atoms with Gasteiger partial charge < -0.3 is 0 Å². The average molecular weight is 327 g/mol. The Morgan fingerprint density at radius 2 is 1.82 bits per heavy atom. The third-order valence-corrected chi connectivity index (χ3v) is 6.06. The van der Waals surface area contributed by atoms with Crippen LogP contribution in [0.15, 0.2) is 24.3 Å². The first-order chi connectivity index (χ1) is 10.4. The Morgan fingerprint density at radius 3 is 2.36 bits per heavy atom. The van der Waals surface area contributed by atoms with Gasteiger partial charge in [-0.1, -0.05) is 13.3 Å². The number of hydrogen-bond acceptors (Lipinski definition) is 3. The Kier molecular flexibility index (Phi) is 5.69. The van der Waals surface area contributed by atoms with E-state index < -0.39 is 10.0 Å². The summed E-state index contributed by atoms with van der Waals surface area (Å²) >= 11 is 0. The molecule has 0 amide bonds. The Morgan fingerprint density at radius 1 is 1.23 bits per heavy atom. The molecule has 1 aliphatic rings. The van der Waals surface area contributed by atoms with Crippen LogP contribution in [0.4, 0.5) is 4.39 Å². The van der Waals surface area contributed by atoms with E-state index in [1.807, 2.05) is 6.92 Å². The topological polar surface area (TPSA) is 54.5 Å². The molecule has 1 saturated heterocycles. The lowest BCUT2D eigenvalue weighted by molar-refractivity contribution is 0.0875. The fourth-order valence-electron chi connectivity index (χ4n) is 2.70. The van der Waals surface area contributed by atoms with Gasteiger partial charge in [0.15, 0.2) is 5.78 Å². The molecule has 122 valence electrons. The van der Waals surface area contributed by atoms with Crippen LogP contribution >= 0.6 is 0 Å². The maximum atomic E-state index is 12.9. The maximum absolute atomic E-state index is 12.9. The average Bonchev–Trinajstić information content (AvgIpc) is 2.53. The Bertz CT molecular complexity index is 605. The van der Waals surface area contributed by atoms with Gasteiger partial charge in [-0.3, -0.25) is 4.79 Å². The minimum atomic E-state index is -3.19. The number of unbranched alkanes of at least 4 members (excludes halogenated alkanes) is 1. The number of benzene rings is 1. The zero-order valence-electron chi connectivity index (χ0n) is 12.8. The minimum absolute atomic E-state index is 0.0226. The first kappa shape index (κ1) is 17.1. The van der Waals surface area contributed by atoms with E-state index in [2.05, 4.69) is 0 Å². The van der Waals surface area contributed by atoms with E-state index in [1.165, 1.54) is 28.6 Å². The zero-order chi connectivity index (χ0) is 16.2. The van der Waals surface area contributed by atoms with Crippen molar-refractivity contribution in [1.29, 1.82) is 0 Å². The van der Waals surface area contributed by atoms with Crippen molar-refractivity contribution in [2.75, 3.05) is 18.8 Å². The third-order valence-electron chi connectivity index (χ3n) is 4.10. The molecular weight excluding hydrogens is 305 g/mol. The number of Topliss-reactive ketones (excluding diaryl/α,β-unsaturated/α-hetero) is 1. The molecule has 0 unspecified atom stereocenters. The van der Waals surface area contributed by atoms with Crippen molar-refractivity contribution in [2.45, 2.75) is 32.6 Å². The molecule has 0 aromatic heterocycles. The van der Waals surface area contributed by atoms with Gasteiger partial charge in [-0.25, -0.2) is 17.1 Å². The molecule has 6 heteroatoms. The van der Waals surface area contributed by atoms with Gasteiger partial charge in [-0.2, -0.15) is 0 Å². The van der Waals surface area contributed by atoms with Crippen LogP contribution in [-0.2, 0) is 10.0 Å². The zero-order valence-corrected chi connectivity index (χ0v) is 13.6. The van der Waals surface area contributed by atoms with Crippen molar-refractivity contribution >= 4 is 15.8 Å². The second kappa shape index (κ2) is 7.33. The molecule has 1 aromatic rings. The standard InChI is InChI=1S/C16H22FNO3S/c1-2-3-12-22(20,21)18-10-8-14(9-11-18)16(19)13-4-6-15(17)7-5-13/h4-7,14H,2-3,8-12H2,1H3. The molecule has 2 rings (SSSR count). The van der Waals surface area contributed by atoms with E-state index in [4.69, 9.17) is 0 Å². The molecule has 1 heterocycles. The van der Waals surface area contributed by atoms with Crippen LogP contribution < -0.4 is 0 Å². The molecule has 0 bridgehead atoms. The van der Waals surface area contributed by atoms with Crippen molar-refractivity contribution in [3.05, 3.63) is 35.6 Å². The highest BCUT2D eigenvalue weighted by Crippen LogP contribution is 2.24. The number of ketones is 1. The van der Waals surface area contributed by atoms with Crippen LogP contribution in [0.25, 0.3) is 0 Å². The number of halogens is 1. The first-order valence-corrected chi connectivity index (χ1v) is 9.32. The lowest BCUT2D eigenvalue weighted by Crippen LogP contribution is -2.41. The van der Waals surface area contributed by atoms with Gasteiger partial charge in [0.1, 0.15) is 5.82 Å². The molecule has 22 heavy (non-hydrogen) atoms. The number of hydrogen-bond donors (Lipinski definition) is 0. The normalized spacial score (nSPS) is 17.5. The number of rotatable bonds is 6. The molecule has 0 aliphatic carbocycles. The molecule has 0 spiro atoms. The molecule has 0 N–H and O–H groups in total. The van der Waals surface area contributed by atoms with E-state index in [9.17, 15) is 17.6 Å². The summed E-state index contributed by atoms with van der Waals surface area (Å²) in [5.41, 5.74) is 0.494. The molecule has 0 radical (unpaired) electrons. The van der Waals surface area contributed by atoms with Crippen LogP contribution in [0.1, 0.15) is 43.0 Å². The highest BCUT2D eigenvalue weighted by Gasteiger charge is 2.30. The van der Waals surface area contributed by atoms with E-state index >= 15 is 0 Å². The second-order valence-corrected chi connectivity index (χ2v) is 7.80. The number of carbonyl (C=O) groups is 1. The van der Waals surface area contributed by atoms with Crippen LogP contribution in [0, 0.1) is 11.7 Å². The SMILES string of the molecule is CCCCS(=O)(=O)N1CCC(C(=O)c2ccc(F)cc2)CC1. The lowest BCUT2D eigenvalue weighted by Gasteiger charge is -2.30. The molecule has 0 atom stereocenters. The van der Waals surface area contributed by atoms with E-state index in [1.54, 1.807) is 0 Å². The second-order valence-electron chi connectivity index (χ2n) is 5.71. The van der Waals surface area contributed by atoms with Crippen LogP contribution in [0.2, 0.25) is 0 Å². The van der Waals surface area contributed by atoms with Crippen molar-refractivity contribution in [3.63, 3.8) is 0 Å². The summed E-state index contributed by atoms with van der Waals surface area (Å²) < 4.78 is 38.6. The van der Waals surface area contributed by atoms with Crippen LogP contribution in [-0.4, -0.2) is 37.3 Å². The number of carbonyl (C=O) groups excluding carboxylic acids is 1.